The number of rotatable bonds is 2. The van der Waals surface area contributed by atoms with Gasteiger partial charge in [-0.15, -0.1) is 0 Å². The highest BCUT2D eigenvalue weighted by molar-refractivity contribution is 5.81. The smallest absolute Gasteiger partial charge is 0.238 e. The highest BCUT2D eigenvalue weighted by atomic mass is 15.2. The molecule has 0 unspecified atom stereocenters. The second-order valence-electron chi connectivity index (χ2n) is 6.36. The molecule has 0 aliphatic rings. The van der Waals surface area contributed by atoms with Crippen LogP contribution in [-0.2, 0) is 14.1 Å². The topological polar surface area (TPSA) is 26.1 Å². The van der Waals surface area contributed by atoms with Crippen LogP contribution >= 0.6 is 0 Å². The van der Waals surface area contributed by atoms with Crippen molar-refractivity contribution in [3.8, 4) is 22.5 Å². The summed E-state index contributed by atoms with van der Waals surface area (Å²) in [5.74, 6) is 0.946. The summed E-state index contributed by atoms with van der Waals surface area (Å²) in [7, 11) is 4.17. The van der Waals surface area contributed by atoms with E-state index in [9.17, 15) is 0 Å². The zero-order valence-corrected chi connectivity index (χ0v) is 14.5. The van der Waals surface area contributed by atoms with Crippen LogP contribution in [-0.4, -0.2) is 14.0 Å². The number of aromatic nitrogens is 4. The number of hydrogen-bond acceptors (Lipinski definition) is 1. The normalized spacial score (nSPS) is 11.3. The van der Waals surface area contributed by atoms with Crippen LogP contribution in [0.4, 0.5) is 0 Å². The van der Waals surface area contributed by atoms with E-state index >= 15 is 0 Å². The molecule has 0 atom stereocenters. The molecule has 0 saturated heterocycles. The Kier molecular flexibility index (Phi) is 3.27. The number of benzene rings is 1. The molecule has 3 heterocycles. The van der Waals surface area contributed by atoms with Gasteiger partial charge < -0.3 is 4.57 Å². The summed E-state index contributed by atoms with van der Waals surface area (Å²) in [6, 6.07) is 10.8. The van der Waals surface area contributed by atoms with E-state index in [0.717, 1.165) is 11.5 Å². The van der Waals surface area contributed by atoms with Crippen molar-refractivity contribution in [1.82, 2.24) is 14.0 Å². The first-order chi connectivity index (χ1) is 11.6. The molecule has 0 radical (unpaired) electrons. The van der Waals surface area contributed by atoms with Gasteiger partial charge in [-0.3, -0.25) is 4.40 Å². The molecular weight excluding hydrogens is 296 g/mol. The Labute approximate surface area is 141 Å². The van der Waals surface area contributed by atoms with Gasteiger partial charge in [0.15, 0.2) is 6.20 Å². The second kappa shape index (κ2) is 5.34. The fourth-order valence-corrected chi connectivity index (χ4v) is 3.58. The molecule has 0 aliphatic heterocycles. The van der Waals surface area contributed by atoms with E-state index in [1.54, 1.807) is 0 Å². The molecule has 4 rings (SSSR count). The first-order valence-corrected chi connectivity index (χ1v) is 8.12. The van der Waals surface area contributed by atoms with Gasteiger partial charge in [-0.25, -0.2) is 4.98 Å². The second-order valence-corrected chi connectivity index (χ2v) is 6.36. The molecule has 1 aromatic carbocycles. The molecule has 0 aliphatic carbocycles. The summed E-state index contributed by atoms with van der Waals surface area (Å²) >= 11 is 0. The van der Waals surface area contributed by atoms with Gasteiger partial charge in [0.2, 0.25) is 11.5 Å². The molecule has 4 aromatic rings. The van der Waals surface area contributed by atoms with Crippen LogP contribution in [0.2, 0.25) is 0 Å². The van der Waals surface area contributed by atoms with Gasteiger partial charge in [0.05, 0.1) is 5.56 Å². The fourth-order valence-electron chi connectivity index (χ4n) is 3.58. The lowest BCUT2D eigenvalue weighted by molar-refractivity contribution is -0.660. The third-order valence-electron chi connectivity index (χ3n) is 4.74. The Hall–Kier alpha value is -2.88. The minimum atomic E-state index is 0.946. The maximum atomic E-state index is 4.45. The van der Waals surface area contributed by atoms with Crippen LogP contribution in [0.1, 0.15) is 11.1 Å². The third kappa shape index (κ3) is 2.07. The molecule has 0 spiro atoms. The average molecular weight is 317 g/mol. The van der Waals surface area contributed by atoms with Crippen molar-refractivity contribution < 1.29 is 4.57 Å². The third-order valence-corrected chi connectivity index (χ3v) is 4.74. The summed E-state index contributed by atoms with van der Waals surface area (Å²) in [6.45, 7) is 4.35. The molecule has 4 nitrogen and oxygen atoms in total. The molecule has 0 saturated carbocycles. The van der Waals surface area contributed by atoms with Gasteiger partial charge in [0, 0.05) is 31.7 Å². The molecular formula is C20H21N4+. The van der Waals surface area contributed by atoms with Crippen LogP contribution < -0.4 is 4.57 Å². The van der Waals surface area contributed by atoms with Gasteiger partial charge in [-0.05, 0) is 36.6 Å². The quantitative estimate of drug-likeness (QED) is 0.520. The lowest BCUT2D eigenvalue weighted by Gasteiger charge is -2.13. The van der Waals surface area contributed by atoms with E-state index in [4.69, 9.17) is 0 Å². The molecule has 120 valence electrons. The minimum absolute atomic E-state index is 0.946. The molecule has 4 heteroatoms. The van der Waals surface area contributed by atoms with Crippen molar-refractivity contribution in [2.24, 2.45) is 14.1 Å². The molecule has 0 fully saturated rings. The Morgan fingerprint density at radius 1 is 1.04 bits per heavy atom. The van der Waals surface area contributed by atoms with E-state index in [1.807, 2.05) is 12.4 Å². The first kappa shape index (κ1) is 14.7. The number of hydrogen-bond donors (Lipinski definition) is 0. The molecule has 3 aromatic heterocycles. The number of nitrogens with zero attached hydrogens (tertiary/aromatic N) is 4. The van der Waals surface area contributed by atoms with Crippen molar-refractivity contribution >= 4 is 5.78 Å². The molecule has 0 N–H and O–H groups in total. The van der Waals surface area contributed by atoms with Crippen molar-refractivity contribution in [3.05, 3.63) is 66.2 Å². The number of fused-ring (bicyclic) bond motifs is 1. The number of pyridine rings is 1. The fraction of sp³-hybridized carbons (Fsp3) is 0.200. The Morgan fingerprint density at radius 2 is 1.79 bits per heavy atom. The van der Waals surface area contributed by atoms with Crippen LogP contribution in [0.25, 0.3) is 28.3 Å². The highest BCUT2D eigenvalue weighted by Crippen LogP contribution is 2.34. The van der Waals surface area contributed by atoms with Crippen LogP contribution in [0.15, 0.2) is 55.1 Å². The van der Waals surface area contributed by atoms with Crippen LogP contribution in [0.5, 0.6) is 0 Å². The largest absolute Gasteiger partial charge is 0.308 e. The maximum absolute atomic E-state index is 4.45. The maximum Gasteiger partial charge on any atom is 0.238 e. The lowest BCUT2D eigenvalue weighted by Crippen LogP contribution is -2.31. The number of aryl methyl sites for hydroxylation is 4. The molecule has 0 amide bonds. The summed E-state index contributed by atoms with van der Waals surface area (Å²) in [5, 5.41) is 0. The molecule has 0 bridgehead atoms. The zero-order valence-electron chi connectivity index (χ0n) is 14.5. The van der Waals surface area contributed by atoms with Crippen molar-refractivity contribution in [3.63, 3.8) is 0 Å². The van der Waals surface area contributed by atoms with Crippen LogP contribution in [0.3, 0.4) is 0 Å². The average Bonchev–Trinajstić information content (AvgIpc) is 3.11. The van der Waals surface area contributed by atoms with E-state index in [0.29, 0.717) is 0 Å². The molecule has 24 heavy (non-hydrogen) atoms. The van der Waals surface area contributed by atoms with E-state index < -0.39 is 0 Å². The van der Waals surface area contributed by atoms with Gasteiger partial charge in [-0.2, -0.15) is 4.57 Å². The first-order valence-electron chi connectivity index (χ1n) is 8.12. The highest BCUT2D eigenvalue weighted by Gasteiger charge is 2.23. The van der Waals surface area contributed by atoms with E-state index in [1.165, 1.54) is 27.9 Å². The predicted octanol–water partition coefficient (Wildman–Crippen LogP) is 3.45. The van der Waals surface area contributed by atoms with E-state index in [2.05, 4.69) is 89.2 Å². The summed E-state index contributed by atoms with van der Waals surface area (Å²) in [6.07, 6.45) is 8.06. The Morgan fingerprint density at radius 3 is 2.50 bits per heavy atom. The van der Waals surface area contributed by atoms with Gasteiger partial charge >= 0.3 is 0 Å². The Bertz CT molecular complexity index is 1030. The summed E-state index contributed by atoms with van der Waals surface area (Å²) in [4.78, 5) is 4.45. The lowest BCUT2D eigenvalue weighted by atomic mass is 9.93. The standard InChI is InChI=1S/C20H21N4/c1-14-7-5-8-15(2)18(14)16-9-6-11-22(3)19(16)17-13-24-12-10-21-20(24)23(17)4/h5-13H,1-4H3/q+1. The minimum Gasteiger partial charge on any atom is -0.308 e. The van der Waals surface area contributed by atoms with Gasteiger partial charge in [0.25, 0.3) is 0 Å². The van der Waals surface area contributed by atoms with Crippen molar-refractivity contribution in [1.29, 1.82) is 0 Å². The zero-order chi connectivity index (χ0) is 16.8. The SMILES string of the molecule is Cc1cccc(C)c1-c1ccc[n+](C)c1-c1cn2ccnc2n1C. The van der Waals surface area contributed by atoms with Gasteiger partial charge in [-0.1, -0.05) is 18.2 Å². The Balaban J connectivity index is 2.06. The van der Waals surface area contributed by atoms with Gasteiger partial charge in [0.1, 0.15) is 12.7 Å². The number of imidazole rings is 2. The van der Waals surface area contributed by atoms with E-state index in [-0.39, 0.29) is 0 Å². The van der Waals surface area contributed by atoms with Crippen LogP contribution in [0, 0.1) is 13.8 Å². The monoisotopic (exact) mass is 317 g/mol. The predicted molar refractivity (Wildman–Crippen MR) is 95.7 cm³/mol. The summed E-state index contributed by atoms with van der Waals surface area (Å²) in [5.41, 5.74) is 7.49. The van der Waals surface area contributed by atoms with Crippen molar-refractivity contribution in [2.45, 2.75) is 13.8 Å². The van der Waals surface area contributed by atoms with Crippen molar-refractivity contribution in [2.75, 3.05) is 0 Å². The summed E-state index contributed by atoms with van der Waals surface area (Å²) < 4.78 is 6.40.